The Kier molecular flexibility index (Phi) is 7.37. The van der Waals surface area contributed by atoms with E-state index in [9.17, 15) is 19.5 Å². The number of hydrogen-bond acceptors (Lipinski definition) is 5. The molecule has 0 aromatic heterocycles. The molecule has 2 aliphatic rings. The van der Waals surface area contributed by atoms with Crippen LogP contribution < -0.4 is 10.6 Å². The molecule has 2 amide bonds. The lowest BCUT2D eigenvalue weighted by atomic mass is 9.88. The number of alkyl carbamates (subject to hydrolysis) is 1. The third-order valence-corrected chi connectivity index (χ3v) is 6.55. The molecule has 8 heteroatoms. The summed E-state index contributed by atoms with van der Waals surface area (Å²) in [6, 6.07) is 14.9. The van der Waals surface area contributed by atoms with Crippen LogP contribution in [0.1, 0.15) is 43.2 Å². The van der Waals surface area contributed by atoms with Crippen LogP contribution in [0.3, 0.4) is 0 Å². The number of carbonyl (C=O) groups is 3. The molecular formula is C27H28N2O6. The van der Waals surface area contributed by atoms with E-state index in [0.29, 0.717) is 0 Å². The number of fused-ring (bicyclic) bond motifs is 3. The van der Waals surface area contributed by atoms with Gasteiger partial charge in [-0.05, 0) is 29.2 Å². The zero-order chi connectivity index (χ0) is 24.8. The molecule has 1 aliphatic heterocycles. The number of ether oxygens (including phenoxy) is 2. The maximum Gasteiger partial charge on any atom is 0.408 e. The summed E-state index contributed by atoms with van der Waals surface area (Å²) < 4.78 is 11.0. The predicted octanol–water partition coefficient (Wildman–Crippen LogP) is 3.06. The summed E-state index contributed by atoms with van der Waals surface area (Å²) in [5, 5.41) is 14.7. The number of benzene rings is 2. The second-order valence-corrected chi connectivity index (χ2v) is 8.64. The fourth-order valence-corrected chi connectivity index (χ4v) is 4.66. The molecule has 1 saturated heterocycles. The first kappa shape index (κ1) is 24.3. The van der Waals surface area contributed by atoms with Crippen LogP contribution in [0.25, 0.3) is 11.1 Å². The van der Waals surface area contributed by atoms with E-state index in [1.54, 1.807) is 6.92 Å². The monoisotopic (exact) mass is 476 g/mol. The number of carboxylic acids is 1. The number of nitrogens with one attached hydrogen (secondary N) is 2. The Labute approximate surface area is 204 Å². The van der Waals surface area contributed by atoms with Crippen molar-refractivity contribution in [1.29, 1.82) is 0 Å². The predicted molar refractivity (Wildman–Crippen MR) is 129 cm³/mol. The lowest BCUT2D eigenvalue weighted by Crippen LogP contribution is -2.63. The van der Waals surface area contributed by atoms with E-state index in [-0.39, 0.29) is 45.0 Å². The molecule has 3 N–H and O–H groups in total. The van der Waals surface area contributed by atoms with Crippen molar-refractivity contribution >= 4 is 18.0 Å². The van der Waals surface area contributed by atoms with Gasteiger partial charge >= 0.3 is 12.1 Å². The zero-order valence-electron chi connectivity index (χ0n) is 19.5. The van der Waals surface area contributed by atoms with E-state index in [2.05, 4.69) is 34.6 Å². The van der Waals surface area contributed by atoms with Crippen LogP contribution in [0.4, 0.5) is 4.79 Å². The average Bonchev–Trinajstić information content (AvgIpc) is 3.19. The van der Waals surface area contributed by atoms with E-state index in [1.807, 2.05) is 36.4 Å². The van der Waals surface area contributed by atoms with Gasteiger partial charge in [-0.3, -0.25) is 4.79 Å². The fourth-order valence-electron chi connectivity index (χ4n) is 4.66. The van der Waals surface area contributed by atoms with Crippen LogP contribution in [0.2, 0.25) is 0 Å². The lowest BCUT2D eigenvalue weighted by Gasteiger charge is -2.36. The summed E-state index contributed by atoms with van der Waals surface area (Å²) in [7, 11) is 0. The SMILES string of the molecule is CC#CCC(NC(=O)C1(NC(=O)OCC2c3ccccc3-c3ccccc32)CCOCC1)C(=O)O. The van der Waals surface area contributed by atoms with Crippen molar-refractivity contribution in [3.05, 3.63) is 59.7 Å². The van der Waals surface area contributed by atoms with Gasteiger partial charge < -0.3 is 25.2 Å². The Morgan fingerprint density at radius 1 is 1.09 bits per heavy atom. The molecule has 1 aliphatic carbocycles. The maximum atomic E-state index is 13.2. The van der Waals surface area contributed by atoms with E-state index < -0.39 is 29.6 Å². The Morgan fingerprint density at radius 3 is 2.26 bits per heavy atom. The highest BCUT2D eigenvalue weighted by molar-refractivity contribution is 5.93. The fraction of sp³-hybridized carbons (Fsp3) is 0.370. The quantitative estimate of drug-likeness (QED) is 0.530. The molecule has 182 valence electrons. The van der Waals surface area contributed by atoms with Crippen molar-refractivity contribution in [3.63, 3.8) is 0 Å². The molecule has 0 saturated carbocycles. The second kappa shape index (κ2) is 10.6. The molecule has 0 bridgehead atoms. The third-order valence-electron chi connectivity index (χ3n) is 6.55. The molecule has 2 aromatic rings. The van der Waals surface area contributed by atoms with Gasteiger partial charge in [-0.1, -0.05) is 48.5 Å². The Hall–Kier alpha value is -3.83. The highest BCUT2D eigenvalue weighted by Crippen LogP contribution is 2.44. The summed E-state index contributed by atoms with van der Waals surface area (Å²) in [4.78, 5) is 37.7. The number of carbonyl (C=O) groups excluding carboxylic acids is 2. The molecule has 1 unspecified atom stereocenters. The van der Waals surface area contributed by atoms with Crippen molar-refractivity contribution in [3.8, 4) is 23.0 Å². The topological polar surface area (TPSA) is 114 Å². The van der Waals surface area contributed by atoms with Crippen LogP contribution in [-0.4, -0.2) is 54.5 Å². The van der Waals surface area contributed by atoms with Gasteiger partial charge in [0.25, 0.3) is 0 Å². The normalized spacial score (nSPS) is 16.6. The highest BCUT2D eigenvalue weighted by atomic mass is 16.5. The van der Waals surface area contributed by atoms with Crippen LogP contribution in [0.5, 0.6) is 0 Å². The number of hydrogen-bond donors (Lipinski definition) is 3. The summed E-state index contributed by atoms with van der Waals surface area (Å²) in [5.74, 6) is 3.42. The Bertz CT molecular complexity index is 1130. The smallest absolute Gasteiger partial charge is 0.408 e. The van der Waals surface area contributed by atoms with Crippen LogP contribution in [0, 0.1) is 11.8 Å². The first-order valence-corrected chi connectivity index (χ1v) is 11.6. The first-order chi connectivity index (χ1) is 16.9. The summed E-state index contributed by atoms with van der Waals surface area (Å²) in [6.45, 7) is 2.21. The Balaban J connectivity index is 1.46. The molecule has 2 aromatic carbocycles. The van der Waals surface area contributed by atoms with E-state index in [0.717, 1.165) is 22.3 Å². The Morgan fingerprint density at radius 2 is 1.69 bits per heavy atom. The molecule has 1 atom stereocenters. The lowest BCUT2D eigenvalue weighted by molar-refractivity contribution is -0.143. The van der Waals surface area contributed by atoms with Crippen LogP contribution in [0.15, 0.2) is 48.5 Å². The second-order valence-electron chi connectivity index (χ2n) is 8.64. The van der Waals surface area contributed by atoms with Crippen molar-refractivity contribution in [2.45, 2.75) is 43.7 Å². The van der Waals surface area contributed by atoms with Crippen LogP contribution in [-0.2, 0) is 19.1 Å². The average molecular weight is 477 g/mol. The number of rotatable bonds is 7. The van der Waals surface area contributed by atoms with Crippen molar-refractivity contribution < 1.29 is 29.0 Å². The molecule has 0 spiro atoms. The third kappa shape index (κ3) is 5.15. The van der Waals surface area contributed by atoms with Gasteiger partial charge in [0.1, 0.15) is 18.2 Å². The van der Waals surface area contributed by atoms with Gasteiger partial charge in [-0.15, -0.1) is 11.8 Å². The minimum atomic E-state index is -1.33. The van der Waals surface area contributed by atoms with Gasteiger partial charge in [-0.25, -0.2) is 9.59 Å². The summed E-state index contributed by atoms with van der Waals surface area (Å²) in [6.07, 6.45) is -0.359. The molecule has 0 radical (unpaired) electrons. The maximum absolute atomic E-state index is 13.2. The minimum absolute atomic E-state index is 0.0326. The zero-order valence-corrected chi connectivity index (χ0v) is 19.5. The number of carboxylic acid groups (broad SMARTS) is 1. The van der Waals surface area contributed by atoms with E-state index in [1.165, 1.54) is 0 Å². The van der Waals surface area contributed by atoms with E-state index in [4.69, 9.17) is 9.47 Å². The van der Waals surface area contributed by atoms with Crippen molar-refractivity contribution in [1.82, 2.24) is 10.6 Å². The largest absolute Gasteiger partial charge is 0.480 e. The van der Waals surface area contributed by atoms with Crippen LogP contribution >= 0.6 is 0 Å². The number of amides is 2. The van der Waals surface area contributed by atoms with Gasteiger partial charge in [0.2, 0.25) is 5.91 Å². The van der Waals surface area contributed by atoms with Gasteiger partial charge in [0.15, 0.2) is 0 Å². The molecule has 8 nitrogen and oxygen atoms in total. The molecule has 4 rings (SSSR count). The molecule has 35 heavy (non-hydrogen) atoms. The summed E-state index contributed by atoms with van der Waals surface area (Å²) in [5.41, 5.74) is 3.08. The van der Waals surface area contributed by atoms with Gasteiger partial charge in [0.05, 0.1) is 0 Å². The molecular weight excluding hydrogens is 448 g/mol. The summed E-state index contributed by atoms with van der Waals surface area (Å²) >= 11 is 0. The van der Waals surface area contributed by atoms with Gasteiger partial charge in [0, 0.05) is 38.4 Å². The first-order valence-electron chi connectivity index (χ1n) is 11.6. The highest BCUT2D eigenvalue weighted by Gasteiger charge is 2.43. The minimum Gasteiger partial charge on any atom is -0.480 e. The van der Waals surface area contributed by atoms with Gasteiger partial charge in [-0.2, -0.15) is 0 Å². The van der Waals surface area contributed by atoms with Crippen molar-refractivity contribution in [2.24, 2.45) is 0 Å². The van der Waals surface area contributed by atoms with E-state index >= 15 is 0 Å². The van der Waals surface area contributed by atoms with Crippen molar-refractivity contribution in [2.75, 3.05) is 19.8 Å². The number of aliphatic carboxylic acids is 1. The molecule has 1 heterocycles. The standard InChI is InChI=1S/C27H28N2O6/c1-2-3-12-23(24(30)31)28-25(32)27(13-15-34-16-14-27)29-26(33)35-17-22-20-10-6-4-8-18(20)19-9-5-7-11-21(19)22/h4-11,22-23H,12-17H2,1H3,(H,28,32)(H,29,33)(H,30,31). The molecule has 1 fully saturated rings.